The van der Waals surface area contributed by atoms with Crippen LogP contribution in [0.3, 0.4) is 0 Å². The smallest absolute Gasteiger partial charge is 0.247 e. The Hall–Kier alpha value is -2.42. The summed E-state index contributed by atoms with van der Waals surface area (Å²) in [5.74, 6) is 0.828. The maximum atomic E-state index is 13.4. The van der Waals surface area contributed by atoms with Crippen molar-refractivity contribution in [3.05, 3.63) is 59.4 Å². The highest BCUT2D eigenvalue weighted by molar-refractivity contribution is 7.89. The van der Waals surface area contributed by atoms with Crippen LogP contribution in [0.4, 0.5) is 0 Å². The topological polar surface area (TPSA) is 85.5 Å². The van der Waals surface area contributed by atoms with E-state index in [0.29, 0.717) is 17.3 Å². The maximum absolute atomic E-state index is 13.4. The van der Waals surface area contributed by atoms with Crippen molar-refractivity contribution in [3.63, 3.8) is 0 Å². The Morgan fingerprint density at radius 2 is 1.93 bits per heavy atom. The third-order valence-electron chi connectivity index (χ3n) is 4.59. The Morgan fingerprint density at radius 3 is 2.59 bits per heavy atom. The van der Waals surface area contributed by atoms with Gasteiger partial charge in [-0.3, -0.25) is 0 Å². The van der Waals surface area contributed by atoms with E-state index in [4.69, 9.17) is 20.9 Å². The van der Waals surface area contributed by atoms with Crippen LogP contribution in [0.1, 0.15) is 26.2 Å². The summed E-state index contributed by atoms with van der Waals surface area (Å²) < 4.78 is 38.8. The number of hydrogen-bond acceptors (Lipinski definition) is 6. The van der Waals surface area contributed by atoms with Crippen molar-refractivity contribution in [2.45, 2.75) is 37.8 Å². The molecule has 0 spiro atoms. The Labute approximate surface area is 175 Å². The summed E-state index contributed by atoms with van der Waals surface area (Å²) in [6, 6.07) is 13.5. The van der Waals surface area contributed by atoms with Crippen molar-refractivity contribution in [2.75, 3.05) is 7.11 Å². The lowest BCUT2D eigenvalue weighted by molar-refractivity contribution is 0.271. The minimum Gasteiger partial charge on any atom is -0.495 e. The van der Waals surface area contributed by atoms with Crippen LogP contribution >= 0.6 is 11.6 Å². The molecule has 3 rings (SSSR count). The first-order chi connectivity index (χ1) is 13.9. The predicted molar refractivity (Wildman–Crippen MR) is 110 cm³/mol. The van der Waals surface area contributed by atoms with Gasteiger partial charge in [-0.1, -0.05) is 54.0 Å². The van der Waals surface area contributed by atoms with Gasteiger partial charge in [-0.2, -0.15) is 9.29 Å². The van der Waals surface area contributed by atoms with E-state index in [1.54, 1.807) is 6.07 Å². The number of sulfonamides is 1. The van der Waals surface area contributed by atoms with Crippen LogP contribution in [-0.4, -0.2) is 36.0 Å². The zero-order valence-electron chi connectivity index (χ0n) is 16.4. The molecule has 0 saturated heterocycles. The number of methoxy groups -OCH3 is 1. The van der Waals surface area contributed by atoms with Crippen molar-refractivity contribution in [2.24, 2.45) is 0 Å². The van der Waals surface area contributed by atoms with Crippen molar-refractivity contribution >= 4 is 21.6 Å². The molecule has 0 aliphatic carbocycles. The van der Waals surface area contributed by atoms with Crippen molar-refractivity contribution < 1.29 is 17.7 Å². The van der Waals surface area contributed by atoms with Crippen LogP contribution < -0.4 is 4.74 Å². The molecule has 0 N–H and O–H groups in total. The quantitative estimate of drug-likeness (QED) is 0.521. The van der Waals surface area contributed by atoms with Gasteiger partial charge in [-0.05, 0) is 31.5 Å². The van der Waals surface area contributed by atoms with Gasteiger partial charge in [0.15, 0.2) is 0 Å². The largest absolute Gasteiger partial charge is 0.495 e. The van der Waals surface area contributed by atoms with Gasteiger partial charge in [0, 0.05) is 16.6 Å². The molecule has 9 heteroatoms. The highest BCUT2D eigenvalue weighted by Crippen LogP contribution is 2.32. The summed E-state index contributed by atoms with van der Waals surface area (Å²) in [5, 5.41) is 4.28. The van der Waals surface area contributed by atoms with Crippen LogP contribution in [0.15, 0.2) is 57.9 Å². The first-order valence-electron chi connectivity index (χ1n) is 9.10. The number of hydrogen-bond donors (Lipinski definition) is 0. The lowest BCUT2D eigenvalue weighted by Crippen LogP contribution is -2.38. The first kappa shape index (κ1) is 21.3. The van der Waals surface area contributed by atoms with Gasteiger partial charge in [0.25, 0.3) is 0 Å². The Morgan fingerprint density at radius 1 is 1.21 bits per heavy atom. The fraction of sp³-hybridized carbons (Fsp3) is 0.300. The van der Waals surface area contributed by atoms with E-state index in [9.17, 15) is 8.42 Å². The number of aromatic nitrogens is 2. The van der Waals surface area contributed by atoms with Gasteiger partial charge in [-0.15, -0.1) is 0 Å². The molecule has 29 heavy (non-hydrogen) atoms. The summed E-state index contributed by atoms with van der Waals surface area (Å²) >= 11 is 6.05. The summed E-state index contributed by atoms with van der Waals surface area (Å²) in [7, 11) is -2.52. The molecule has 0 fully saturated rings. The molecule has 7 nitrogen and oxygen atoms in total. The Balaban J connectivity index is 1.97. The normalized spacial score (nSPS) is 12.9. The zero-order chi connectivity index (χ0) is 21.0. The zero-order valence-corrected chi connectivity index (χ0v) is 17.9. The van der Waals surface area contributed by atoms with Gasteiger partial charge < -0.3 is 9.26 Å². The molecule has 0 saturated carbocycles. The average Bonchev–Trinajstić information content (AvgIpc) is 3.21. The maximum Gasteiger partial charge on any atom is 0.247 e. The van der Waals surface area contributed by atoms with Crippen LogP contribution in [-0.2, 0) is 16.6 Å². The highest BCUT2D eigenvalue weighted by Gasteiger charge is 2.33. The molecule has 0 bridgehead atoms. The molecule has 0 unspecified atom stereocenters. The van der Waals surface area contributed by atoms with Gasteiger partial charge >= 0.3 is 0 Å². The van der Waals surface area contributed by atoms with E-state index in [2.05, 4.69) is 10.1 Å². The minimum atomic E-state index is -3.94. The Bertz CT molecular complexity index is 1070. The molecule has 0 radical (unpaired) electrons. The molecule has 154 valence electrons. The number of benzene rings is 2. The summed E-state index contributed by atoms with van der Waals surface area (Å²) in [6.07, 6.45) is 0.599. The second-order valence-corrected chi connectivity index (χ2v) is 8.78. The first-order valence-corrected chi connectivity index (χ1v) is 10.9. The molecule has 3 aromatic rings. The summed E-state index contributed by atoms with van der Waals surface area (Å²) in [6.45, 7) is 3.67. The van der Waals surface area contributed by atoms with Gasteiger partial charge in [0.2, 0.25) is 21.7 Å². The van der Waals surface area contributed by atoms with E-state index in [1.165, 1.54) is 23.5 Å². The molecule has 1 heterocycles. The third kappa shape index (κ3) is 4.60. The third-order valence-corrected chi connectivity index (χ3v) is 6.80. The van der Waals surface area contributed by atoms with Gasteiger partial charge in [0.05, 0.1) is 13.7 Å². The van der Waals surface area contributed by atoms with Crippen molar-refractivity contribution in [1.82, 2.24) is 14.4 Å². The second kappa shape index (κ2) is 8.94. The number of nitrogens with zero attached hydrogens (tertiary/aromatic N) is 3. The second-order valence-electron chi connectivity index (χ2n) is 6.48. The Kier molecular flexibility index (Phi) is 6.56. The van der Waals surface area contributed by atoms with Crippen molar-refractivity contribution in [3.8, 4) is 17.1 Å². The van der Waals surface area contributed by atoms with E-state index in [0.717, 1.165) is 5.56 Å². The SMILES string of the molecule is CC[C@@H](C)N(Cc1nc(-c2ccccc2)no1)S(=O)(=O)c1cc(Cl)ccc1OC. The van der Waals surface area contributed by atoms with Crippen LogP contribution in [0.5, 0.6) is 5.75 Å². The van der Waals surface area contributed by atoms with E-state index >= 15 is 0 Å². The number of ether oxygens (including phenoxy) is 1. The lowest BCUT2D eigenvalue weighted by Gasteiger charge is -2.27. The molecule has 0 aliphatic rings. The summed E-state index contributed by atoms with van der Waals surface area (Å²) in [4.78, 5) is 4.36. The van der Waals surface area contributed by atoms with E-state index in [-0.39, 0.29) is 29.1 Å². The number of halogens is 1. The highest BCUT2D eigenvalue weighted by atomic mass is 35.5. The number of rotatable bonds is 8. The minimum absolute atomic E-state index is 0.00408. The van der Waals surface area contributed by atoms with E-state index in [1.807, 2.05) is 44.2 Å². The van der Waals surface area contributed by atoms with Gasteiger partial charge in [0.1, 0.15) is 10.6 Å². The van der Waals surface area contributed by atoms with Gasteiger partial charge in [-0.25, -0.2) is 8.42 Å². The average molecular weight is 436 g/mol. The van der Waals surface area contributed by atoms with Crippen LogP contribution in [0, 0.1) is 0 Å². The van der Waals surface area contributed by atoms with Crippen molar-refractivity contribution in [1.29, 1.82) is 0 Å². The van der Waals surface area contributed by atoms with Crippen LogP contribution in [0.25, 0.3) is 11.4 Å². The fourth-order valence-corrected chi connectivity index (χ4v) is 4.89. The molecule has 0 aliphatic heterocycles. The predicted octanol–water partition coefficient (Wildman–Crippen LogP) is 4.39. The molecular weight excluding hydrogens is 414 g/mol. The van der Waals surface area contributed by atoms with Crippen LogP contribution in [0.2, 0.25) is 5.02 Å². The molecule has 1 aromatic heterocycles. The molecule has 1 atom stereocenters. The lowest BCUT2D eigenvalue weighted by atomic mass is 10.2. The molecule has 0 amide bonds. The standard InChI is InChI=1S/C20H22ClN3O4S/c1-4-14(2)24(29(25,26)18-12-16(21)10-11-17(18)27-3)13-19-22-20(23-28-19)15-8-6-5-7-9-15/h5-12,14H,4,13H2,1-3H3/t14-/m1/s1. The summed E-state index contributed by atoms with van der Waals surface area (Å²) in [5.41, 5.74) is 0.789. The molecule has 2 aromatic carbocycles. The monoisotopic (exact) mass is 435 g/mol. The molecular formula is C20H22ClN3O4S. The fourth-order valence-electron chi connectivity index (χ4n) is 2.82. The van der Waals surface area contributed by atoms with E-state index < -0.39 is 10.0 Å².